The minimum Gasteiger partial charge on any atom is -0.390 e. The third kappa shape index (κ3) is 5.73. The van der Waals surface area contributed by atoms with Gasteiger partial charge in [0.05, 0.1) is 25.0 Å². The molecule has 2 aromatic carbocycles. The molecule has 0 radical (unpaired) electrons. The summed E-state index contributed by atoms with van der Waals surface area (Å²) in [5.74, 6) is 5.53. The molecule has 0 fully saturated rings. The van der Waals surface area contributed by atoms with Gasteiger partial charge in [0.25, 0.3) is 5.91 Å². The van der Waals surface area contributed by atoms with Crippen LogP contribution in [0.25, 0.3) is 0 Å². The summed E-state index contributed by atoms with van der Waals surface area (Å²) in [5, 5.41) is 25.8. The van der Waals surface area contributed by atoms with Crippen molar-refractivity contribution in [3.05, 3.63) is 83.2 Å². The quantitative estimate of drug-likeness (QED) is 0.319. The van der Waals surface area contributed by atoms with E-state index in [1.807, 2.05) is 54.6 Å². The summed E-state index contributed by atoms with van der Waals surface area (Å²) >= 11 is 0. The molecule has 1 heterocycles. The molecule has 0 aliphatic rings. The summed E-state index contributed by atoms with van der Waals surface area (Å²) in [4.78, 5) is 11.4. The fourth-order valence-electron chi connectivity index (χ4n) is 2.62. The van der Waals surface area contributed by atoms with Gasteiger partial charge in [0.2, 0.25) is 0 Å². The van der Waals surface area contributed by atoms with Crippen LogP contribution in [0, 0.1) is 11.8 Å². The van der Waals surface area contributed by atoms with Crippen molar-refractivity contribution in [2.45, 2.75) is 19.3 Å². The lowest BCUT2D eigenvalue weighted by Crippen LogP contribution is -2.26. The summed E-state index contributed by atoms with van der Waals surface area (Å²) in [6.45, 7) is -0.311. The summed E-state index contributed by atoms with van der Waals surface area (Å²) in [6, 6.07) is 17.1. The molecule has 1 atom stereocenters. The second-order valence-electron chi connectivity index (χ2n) is 6.14. The van der Waals surface area contributed by atoms with Gasteiger partial charge in [0.15, 0.2) is 0 Å². The minimum absolute atomic E-state index is 0.217. The van der Waals surface area contributed by atoms with Gasteiger partial charge in [-0.2, -0.15) is 0 Å². The first-order valence-corrected chi connectivity index (χ1v) is 8.89. The van der Waals surface area contributed by atoms with Gasteiger partial charge < -0.3 is 9.84 Å². The third-order valence-corrected chi connectivity index (χ3v) is 4.15. The average Bonchev–Trinajstić information content (AvgIpc) is 3.23. The zero-order chi connectivity index (χ0) is 20.5. The number of nitrogens with one attached hydrogen (secondary N) is 1. The molecular weight excluding hydrogens is 372 g/mol. The Morgan fingerprint density at radius 3 is 2.45 bits per heavy atom. The monoisotopic (exact) mass is 392 g/mol. The van der Waals surface area contributed by atoms with Crippen molar-refractivity contribution < 1.29 is 19.8 Å². The van der Waals surface area contributed by atoms with Crippen molar-refractivity contribution in [1.29, 1.82) is 0 Å². The molecule has 0 saturated heterocycles. The Bertz CT molecular complexity index is 991. The van der Waals surface area contributed by atoms with E-state index in [0.29, 0.717) is 5.69 Å². The van der Waals surface area contributed by atoms with Gasteiger partial charge in [-0.1, -0.05) is 47.4 Å². The molecule has 8 heteroatoms. The summed E-state index contributed by atoms with van der Waals surface area (Å²) < 4.78 is 7.15. The van der Waals surface area contributed by atoms with Crippen molar-refractivity contribution >= 4 is 5.91 Å². The highest BCUT2D eigenvalue weighted by Gasteiger charge is 2.17. The number of ether oxygens (including phenoxy) is 1. The van der Waals surface area contributed by atoms with E-state index in [2.05, 4.69) is 22.2 Å². The van der Waals surface area contributed by atoms with Gasteiger partial charge in [-0.25, -0.2) is 10.2 Å². The number of nitrogens with zero attached hydrogens (tertiary/aromatic N) is 3. The average molecular weight is 392 g/mol. The van der Waals surface area contributed by atoms with Crippen molar-refractivity contribution in [1.82, 2.24) is 20.5 Å². The predicted octanol–water partition coefficient (Wildman–Crippen LogP) is 1.43. The van der Waals surface area contributed by atoms with Crippen LogP contribution in [0.2, 0.25) is 0 Å². The van der Waals surface area contributed by atoms with E-state index in [0.717, 1.165) is 16.7 Å². The molecular formula is C21H20N4O4. The van der Waals surface area contributed by atoms with Crippen LogP contribution < -0.4 is 5.48 Å². The second-order valence-corrected chi connectivity index (χ2v) is 6.14. The van der Waals surface area contributed by atoms with Crippen LogP contribution in [0.3, 0.4) is 0 Å². The van der Waals surface area contributed by atoms with E-state index in [4.69, 9.17) is 9.94 Å². The van der Waals surface area contributed by atoms with Gasteiger partial charge in [0.1, 0.15) is 12.7 Å². The maximum atomic E-state index is 11.4. The topological polar surface area (TPSA) is 110 Å². The Labute approximate surface area is 167 Å². The number of amides is 1. The fraction of sp³-hybridized carbons (Fsp3) is 0.190. The minimum atomic E-state index is -0.665. The summed E-state index contributed by atoms with van der Waals surface area (Å²) in [5.41, 5.74) is 4.61. The standard InChI is InChI=1S/C21H20N4O4/c26-14-19-12-22-24-25(19)13-20(29-15-21(27)23-28)18-10-8-17(9-11-18)7-6-16-4-2-1-3-5-16/h1-5,8-12,20,26,28H,13-15H2,(H,23,27)/t20-/m1/s1. The van der Waals surface area contributed by atoms with Crippen molar-refractivity contribution in [3.8, 4) is 11.8 Å². The zero-order valence-electron chi connectivity index (χ0n) is 15.5. The highest BCUT2D eigenvalue weighted by Crippen LogP contribution is 2.21. The van der Waals surface area contributed by atoms with E-state index in [-0.39, 0.29) is 19.8 Å². The lowest BCUT2D eigenvalue weighted by molar-refractivity contribution is -0.136. The first-order valence-electron chi connectivity index (χ1n) is 8.89. The molecule has 0 saturated carbocycles. The molecule has 8 nitrogen and oxygen atoms in total. The lowest BCUT2D eigenvalue weighted by atomic mass is 10.1. The lowest BCUT2D eigenvalue weighted by Gasteiger charge is -2.18. The van der Waals surface area contributed by atoms with Crippen LogP contribution in [0.1, 0.15) is 28.5 Å². The van der Waals surface area contributed by atoms with E-state index < -0.39 is 12.0 Å². The molecule has 3 rings (SSSR count). The number of aliphatic hydroxyl groups excluding tert-OH is 1. The first-order chi connectivity index (χ1) is 14.2. The third-order valence-electron chi connectivity index (χ3n) is 4.15. The van der Waals surface area contributed by atoms with Gasteiger partial charge in [0, 0.05) is 11.1 Å². The Balaban J connectivity index is 1.77. The Hall–Kier alpha value is -3.51. The van der Waals surface area contributed by atoms with Crippen molar-refractivity contribution in [2.24, 2.45) is 0 Å². The van der Waals surface area contributed by atoms with E-state index >= 15 is 0 Å². The number of aliphatic hydroxyl groups is 1. The van der Waals surface area contributed by atoms with Crippen LogP contribution >= 0.6 is 0 Å². The molecule has 0 spiro atoms. The number of hydrogen-bond donors (Lipinski definition) is 3. The van der Waals surface area contributed by atoms with E-state index in [1.54, 1.807) is 0 Å². The van der Waals surface area contributed by atoms with E-state index in [1.165, 1.54) is 16.4 Å². The molecule has 0 aliphatic carbocycles. The second kappa shape index (κ2) is 10.1. The van der Waals surface area contributed by atoms with Crippen LogP contribution in [0.5, 0.6) is 0 Å². The maximum absolute atomic E-state index is 11.4. The normalized spacial score (nSPS) is 11.4. The van der Waals surface area contributed by atoms with Crippen LogP contribution in [0.4, 0.5) is 0 Å². The SMILES string of the molecule is O=C(CO[C@H](Cn1nncc1CO)c1ccc(C#Cc2ccccc2)cc1)NO. The number of rotatable bonds is 7. The Morgan fingerprint density at radius 2 is 1.79 bits per heavy atom. The number of hydroxylamine groups is 1. The Kier molecular flexibility index (Phi) is 7.08. The van der Waals surface area contributed by atoms with Gasteiger partial charge in [-0.3, -0.25) is 10.0 Å². The smallest absolute Gasteiger partial charge is 0.269 e. The van der Waals surface area contributed by atoms with Gasteiger partial charge in [-0.05, 0) is 29.8 Å². The van der Waals surface area contributed by atoms with Crippen molar-refractivity contribution in [2.75, 3.05) is 6.61 Å². The molecule has 0 unspecified atom stereocenters. The molecule has 0 aliphatic heterocycles. The molecule has 1 aromatic heterocycles. The summed E-state index contributed by atoms with van der Waals surface area (Å²) in [7, 11) is 0. The van der Waals surface area contributed by atoms with E-state index in [9.17, 15) is 9.90 Å². The number of hydrogen-bond acceptors (Lipinski definition) is 6. The van der Waals surface area contributed by atoms with Crippen LogP contribution in [-0.4, -0.2) is 37.8 Å². The van der Waals surface area contributed by atoms with Gasteiger partial charge in [-0.15, -0.1) is 5.10 Å². The number of carbonyl (C=O) groups is 1. The highest BCUT2D eigenvalue weighted by atomic mass is 16.5. The Morgan fingerprint density at radius 1 is 1.10 bits per heavy atom. The first kappa shape index (κ1) is 20.2. The number of benzene rings is 2. The highest BCUT2D eigenvalue weighted by molar-refractivity contribution is 5.75. The molecule has 0 bridgehead atoms. The molecule has 148 valence electrons. The van der Waals surface area contributed by atoms with Crippen LogP contribution in [0.15, 0.2) is 60.8 Å². The van der Waals surface area contributed by atoms with Crippen molar-refractivity contribution in [3.63, 3.8) is 0 Å². The number of aromatic nitrogens is 3. The molecule has 3 aromatic rings. The molecule has 29 heavy (non-hydrogen) atoms. The predicted molar refractivity (Wildman–Crippen MR) is 103 cm³/mol. The van der Waals surface area contributed by atoms with Crippen LogP contribution in [-0.2, 0) is 22.7 Å². The fourth-order valence-corrected chi connectivity index (χ4v) is 2.62. The molecule has 1 amide bonds. The molecule has 3 N–H and O–H groups in total. The zero-order valence-corrected chi connectivity index (χ0v) is 15.5. The van der Waals surface area contributed by atoms with Gasteiger partial charge >= 0.3 is 0 Å². The largest absolute Gasteiger partial charge is 0.390 e. The summed E-state index contributed by atoms with van der Waals surface area (Å²) in [6.07, 6.45) is 0.912. The maximum Gasteiger partial charge on any atom is 0.269 e. The number of carbonyl (C=O) groups excluding carboxylic acids is 1.